The van der Waals surface area contributed by atoms with Gasteiger partial charge in [-0.3, -0.25) is 4.79 Å². The van der Waals surface area contributed by atoms with Crippen molar-refractivity contribution in [2.24, 2.45) is 0 Å². The molecule has 2 aromatic carbocycles. The summed E-state index contributed by atoms with van der Waals surface area (Å²) < 4.78 is 5.29. The van der Waals surface area contributed by atoms with E-state index in [9.17, 15) is 14.7 Å². The summed E-state index contributed by atoms with van der Waals surface area (Å²) in [6, 6.07) is 12.5. The molecule has 3 rings (SSSR count). The number of aromatic nitrogens is 1. The number of aryl methyl sites for hydroxylation is 2. The molecule has 0 radical (unpaired) electrons. The quantitative estimate of drug-likeness (QED) is 0.556. The van der Waals surface area contributed by atoms with Gasteiger partial charge in [-0.15, -0.1) is 0 Å². The van der Waals surface area contributed by atoms with Gasteiger partial charge >= 0.3 is 6.03 Å². The lowest BCUT2D eigenvalue weighted by atomic mass is 10.0. The second-order valence-corrected chi connectivity index (χ2v) is 7.22. The highest BCUT2D eigenvalue weighted by atomic mass is 16.5. The number of benzene rings is 2. The number of methoxy groups -OCH3 is 1. The average Bonchev–Trinajstić information content (AvgIpc) is 2.75. The van der Waals surface area contributed by atoms with E-state index >= 15 is 0 Å². The fraction of sp³-hybridized carbons (Fsp3) is 0.304. The van der Waals surface area contributed by atoms with Crippen molar-refractivity contribution in [1.82, 2.24) is 9.88 Å². The molecule has 0 aliphatic heterocycles. The number of urea groups is 1. The van der Waals surface area contributed by atoms with E-state index in [-0.39, 0.29) is 24.7 Å². The Morgan fingerprint density at radius 2 is 1.97 bits per heavy atom. The number of carbonyl (C=O) groups is 1. The zero-order valence-electron chi connectivity index (χ0n) is 17.5. The number of hydrogen-bond acceptors (Lipinski definition) is 4. The number of aromatic amines is 1. The molecule has 7 heteroatoms. The van der Waals surface area contributed by atoms with Gasteiger partial charge < -0.3 is 25.0 Å². The van der Waals surface area contributed by atoms with E-state index in [4.69, 9.17) is 4.74 Å². The van der Waals surface area contributed by atoms with Crippen molar-refractivity contribution in [3.05, 3.63) is 69.5 Å². The largest absolute Gasteiger partial charge is 0.495 e. The fourth-order valence-corrected chi connectivity index (χ4v) is 3.35. The van der Waals surface area contributed by atoms with Crippen LogP contribution < -0.4 is 15.6 Å². The molecule has 0 fully saturated rings. The molecule has 3 aromatic rings. The van der Waals surface area contributed by atoms with Crippen molar-refractivity contribution >= 4 is 22.6 Å². The summed E-state index contributed by atoms with van der Waals surface area (Å²) in [7, 11) is 1.53. The first-order valence-corrected chi connectivity index (χ1v) is 9.86. The zero-order chi connectivity index (χ0) is 21.7. The highest BCUT2D eigenvalue weighted by Gasteiger charge is 2.18. The molecule has 3 N–H and O–H groups in total. The normalized spacial score (nSPS) is 10.8. The van der Waals surface area contributed by atoms with Crippen LogP contribution in [-0.4, -0.2) is 41.3 Å². The van der Waals surface area contributed by atoms with Gasteiger partial charge in [0.05, 0.1) is 24.9 Å². The Bertz CT molecular complexity index is 1110. The number of aliphatic hydroxyl groups excluding tert-OH is 1. The van der Waals surface area contributed by atoms with Gasteiger partial charge in [-0.1, -0.05) is 24.3 Å². The molecular formula is C23H27N3O4. The topological polar surface area (TPSA) is 94.7 Å². The van der Waals surface area contributed by atoms with Crippen LogP contribution in [0.1, 0.15) is 23.1 Å². The van der Waals surface area contributed by atoms with E-state index in [1.54, 1.807) is 18.2 Å². The van der Waals surface area contributed by atoms with Crippen LogP contribution in [0.3, 0.4) is 0 Å². The highest BCUT2D eigenvalue weighted by molar-refractivity contribution is 5.91. The monoisotopic (exact) mass is 409 g/mol. The van der Waals surface area contributed by atoms with Gasteiger partial charge in [-0.05, 0) is 55.0 Å². The number of fused-ring (bicyclic) bond motifs is 1. The molecule has 0 saturated carbocycles. The van der Waals surface area contributed by atoms with Crippen LogP contribution in [0.25, 0.3) is 10.9 Å². The second kappa shape index (κ2) is 9.45. The number of amides is 2. The number of pyridine rings is 1. The summed E-state index contributed by atoms with van der Waals surface area (Å²) in [5.41, 5.74) is 3.74. The van der Waals surface area contributed by atoms with Crippen molar-refractivity contribution in [2.75, 3.05) is 25.6 Å². The Morgan fingerprint density at radius 1 is 1.20 bits per heavy atom. The number of nitrogens with zero attached hydrogens (tertiary/aromatic N) is 1. The minimum absolute atomic E-state index is 0.0506. The van der Waals surface area contributed by atoms with Crippen molar-refractivity contribution in [3.63, 3.8) is 0 Å². The number of para-hydroxylation sites is 2. The number of aliphatic hydroxyl groups is 1. The molecule has 0 spiro atoms. The summed E-state index contributed by atoms with van der Waals surface area (Å²) in [4.78, 5) is 30.1. The third-order valence-electron chi connectivity index (χ3n) is 5.21. The zero-order valence-corrected chi connectivity index (χ0v) is 17.5. The number of rotatable bonds is 7. The summed E-state index contributed by atoms with van der Waals surface area (Å²) in [5.74, 6) is 0.544. The Kier molecular flexibility index (Phi) is 6.74. The van der Waals surface area contributed by atoms with Gasteiger partial charge in [-0.25, -0.2) is 4.79 Å². The summed E-state index contributed by atoms with van der Waals surface area (Å²) in [6.07, 6.45) is 0.406. The van der Waals surface area contributed by atoms with E-state index in [1.165, 1.54) is 12.0 Å². The Morgan fingerprint density at radius 3 is 2.70 bits per heavy atom. The molecule has 0 aliphatic rings. The average molecular weight is 409 g/mol. The molecule has 0 atom stereocenters. The first-order chi connectivity index (χ1) is 14.4. The van der Waals surface area contributed by atoms with Crippen molar-refractivity contribution < 1.29 is 14.6 Å². The molecule has 0 aliphatic carbocycles. The van der Waals surface area contributed by atoms with E-state index in [0.29, 0.717) is 30.0 Å². The van der Waals surface area contributed by atoms with Crippen LogP contribution in [-0.2, 0) is 6.54 Å². The Hall–Kier alpha value is -3.32. The Balaban J connectivity index is 1.89. The van der Waals surface area contributed by atoms with Crippen LogP contribution in [0.2, 0.25) is 0 Å². The maximum atomic E-state index is 12.9. The molecule has 0 saturated heterocycles. The summed E-state index contributed by atoms with van der Waals surface area (Å²) >= 11 is 0. The second-order valence-electron chi connectivity index (χ2n) is 7.22. The van der Waals surface area contributed by atoms with Crippen LogP contribution >= 0.6 is 0 Å². The number of carbonyl (C=O) groups excluding carboxylic acids is 1. The predicted molar refractivity (Wildman–Crippen MR) is 118 cm³/mol. The first-order valence-electron chi connectivity index (χ1n) is 9.86. The molecule has 158 valence electrons. The van der Waals surface area contributed by atoms with Gasteiger partial charge in [0, 0.05) is 18.7 Å². The predicted octanol–water partition coefficient (Wildman–Crippen LogP) is 3.57. The van der Waals surface area contributed by atoms with Gasteiger partial charge in [0.25, 0.3) is 5.56 Å². The smallest absolute Gasteiger partial charge is 0.322 e. The van der Waals surface area contributed by atoms with E-state index in [1.807, 2.05) is 38.1 Å². The molecule has 0 unspecified atom stereocenters. The number of ether oxygens (including phenoxy) is 1. The lowest BCUT2D eigenvalue weighted by Crippen LogP contribution is -2.37. The molecule has 2 amide bonds. The van der Waals surface area contributed by atoms with Crippen LogP contribution in [0.5, 0.6) is 5.75 Å². The van der Waals surface area contributed by atoms with Crippen molar-refractivity contribution in [3.8, 4) is 5.75 Å². The molecule has 0 bridgehead atoms. The Labute approximate surface area is 175 Å². The molecule has 30 heavy (non-hydrogen) atoms. The number of H-pyrrole nitrogens is 1. The highest BCUT2D eigenvalue weighted by Crippen LogP contribution is 2.24. The molecule has 7 nitrogen and oxygen atoms in total. The molecule has 1 aromatic heterocycles. The maximum absolute atomic E-state index is 12.9. The summed E-state index contributed by atoms with van der Waals surface area (Å²) in [6.45, 7) is 4.35. The standard InChI is InChI=1S/C23H27N3O4/c1-15-9-10-17-13-18(22(28)25-21(17)16(15)2)14-26(11-6-12-27)23(29)24-19-7-4-5-8-20(19)30-3/h4-5,7-10,13,27H,6,11-12,14H2,1-3H3,(H,24,29)(H,25,28). The SMILES string of the molecule is COc1ccccc1NC(=O)N(CCCO)Cc1cc2ccc(C)c(C)c2[nH]c1=O. The van der Waals surface area contributed by atoms with Crippen LogP contribution in [0.15, 0.2) is 47.3 Å². The molecular weight excluding hydrogens is 382 g/mol. The minimum Gasteiger partial charge on any atom is -0.495 e. The van der Waals surface area contributed by atoms with Crippen LogP contribution in [0.4, 0.5) is 10.5 Å². The van der Waals surface area contributed by atoms with Crippen molar-refractivity contribution in [1.29, 1.82) is 0 Å². The maximum Gasteiger partial charge on any atom is 0.322 e. The van der Waals surface area contributed by atoms with Crippen molar-refractivity contribution in [2.45, 2.75) is 26.8 Å². The minimum atomic E-state index is -0.368. The van der Waals surface area contributed by atoms with Gasteiger partial charge in [-0.2, -0.15) is 0 Å². The lowest BCUT2D eigenvalue weighted by molar-refractivity contribution is 0.199. The molecule has 1 heterocycles. The van der Waals surface area contributed by atoms with Gasteiger partial charge in [0.1, 0.15) is 5.75 Å². The number of hydrogen-bond donors (Lipinski definition) is 3. The van der Waals surface area contributed by atoms with E-state index < -0.39 is 0 Å². The number of nitrogens with one attached hydrogen (secondary N) is 2. The lowest BCUT2D eigenvalue weighted by Gasteiger charge is -2.23. The van der Waals surface area contributed by atoms with Crippen LogP contribution in [0, 0.1) is 13.8 Å². The van der Waals surface area contributed by atoms with Gasteiger partial charge in [0.2, 0.25) is 0 Å². The third kappa shape index (κ3) is 4.63. The summed E-state index contributed by atoms with van der Waals surface area (Å²) in [5, 5.41) is 13.0. The van der Waals surface area contributed by atoms with E-state index in [2.05, 4.69) is 10.3 Å². The van der Waals surface area contributed by atoms with E-state index in [0.717, 1.165) is 22.0 Å². The third-order valence-corrected chi connectivity index (χ3v) is 5.21. The first kappa shape index (κ1) is 21.4. The van der Waals surface area contributed by atoms with Gasteiger partial charge in [0.15, 0.2) is 0 Å². The number of anilines is 1. The fourth-order valence-electron chi connectivity index (χ4n) is 3.35.